The molecule has 2 aromatic rings. The molecule has 0 fully saturated rings. The van der Waals surface area contributed by atoms with Gasteiger partial charge < -0.3 is 5.73 Å². The van der Waals surface area contributed by atoms with Crippen LogP contribution in [-0.4, -0.2) is 15.2 Å². The highest BCUT2D eigenvalue weighted by atomic mass is 15.2. The van der Waals surface area contributed by atoms with Crippen molar-refractivity contribution in [3.63, 3.8) is 0 Å². The molecule has 0 saturated carbocycles. The first kappa shape index (κ1) is 8.62. The molecular weight excluding hydrogens is 176 g/mol. The Morgan fingerprint density at radius 2 is 1.79 bits per heavy atom. The van der Waals surface area contributed by atoms with Crippen LogP contribution < -0.4 is 5.73 Å². The van der Waals surface area contributed by atoms with Gasteiger partial charge in [-0.25, -0.2) is 4.98 Å². The number of nitrogens with two attached hydrogens (primary N) is 1. The Bertz CT molecular complexity index is 439. The maximum absolute atomic E-state index is 5.48. The van der Waals surface area contributed by atoms with Crippen molar-refractivity contribution in [3.8, 4) is 11.3 Å². The quantitative estimate of drug-likeness (QED) is 0.731. The molecule has 0 aliphatic rings. The molecule has 0 aliphatic heterocycles. The van der Waals surface area contributed by atoms with Gasteiger partial charge in [-0.3, -0.25) is 0 Å². The third-order valence-corrected chi connectivity index (χ3v) is 1.92. The zero-order valence-corrected chi connectivity index (χ0v) is 7.81. The summed E-state index contributed by atoms with van der Waals surface area (Å²) in [5.74, 6) is 0.203. The summed E-state index contributed by atoms with van der Waals surface area (Å²) in [6, 6.07) is 9.80. The van der Waals surface area contributed by atoms with Crippen LogP contribution in [-0.2, 0) is 0 Å². The van der Waals surface area contributed by atoms with Gasteiger partial charge in [-0.1, -0.05) is 30.3 Å². The fourth-order valence-corrected chi connectivity index (χ4v) is 1.26. The molecule has 0 aliphatic carbocycles. The van der Waals surface area contributed by atoms with E-state index in [0.29, 0.717) is 0 Å². The molecule has 1 aromatic carbocycles. The molecule has 0 radical (unpaired) electrons. The Hall–Kier alpha value is -1.97. The zero-order chi connectivity index (χ0) is 9.97. The number of rotatable bonds is 1. The lowest BCUT2D eigenvalue weighted by Gasteiger charge is -2.03. The number of nitrogen functional groups attached to an aromatic ring is 1. The van der Waals surface area contributed by atoms with E-state index in [1.165, 1.54) is 0 Å². The molecule has 4 heteroatoms. The van der Waals surface area contributed by atoms with Crippen LogP contribution in [0.1, 0.15) is 5.69 Å². The van der Waals surface area contributed by atoms with Crippen LogP contribution >= 0.6 is 0 Å². The zero-order valence-electron chi connectivity index (χ0n) is 7.81. The Morgan fingerprint density at radius 1 is 1.07 bits per heavy atom. The van der Waals surface area contributed by atoms with Crippen LogP contribution in [0, 0.1) is 6.92 Å². The predicted molar refractivity (Wildman–Crippen MR) is 54.4 cm³/mol. The average Bonchev–Trinajstić information content (AvgIpc) is 2.23. The smallest absolute Gasteiger partial charge is 0.240 e. The highest BCUT2D eigenvalue weighted by Gasteiger charge is 2.05. The SMILES string of the molecule is Cc1nnc(N)nc1-c1ccccc1. The first-order valence-corrected chi connectivity index (χ1v) is 4.29. The average molecular weight is 186 g/mol. The summed E-state index contributed by atoms with van der Waals surface area (Å²) in [6.45, 7) is 1.86. The molecule has 0 amide bonds. The number of hydrogen-bond donors (Lipinski definition) is 1. The van der Waals surface area contributed by atoms with Crippen LogP contribution in [0.2, 0.25) is 0 Å². The van der Waals surface area contributed by atoms with E-state index in [0.717, 1.165) is 17.0 Å². The Kier molecular flexibility index (Phi) is 2.10. The van der Waals surface area contributed by atoms with Gasteiger partial charge in [0, 0.05) is 5.56 Å². The van der Waals surface area contributed by atoms with E-state index in [4.69, 9.17) is 5.73 Å². The minimum Gasteiger partial charge on any atom is -0.366 e. The van der Waals surface area contributed by atoms with Crippen molar-refractivity contribution in [1.82, 2.24) is 15.2 Å². The number of aryl methyl sites for hydroxylation is 1. The predicted octanol–water partition coefficient (Wildman–Crippen LogP) is 1.43. The molecular formula is C10H10N4. The van der Waals surface area contributed by atoms with Crippen LogP contribution in [0.3, 0.4) is 0 Å². The number of benzene rings is 1. The topological polar surface area (TPSA) is 64.7 Å². The summed E-state index contributed by atoms with van der Waals surface area (Å²) in [5.41, 5.74) is 8.06. The van der Waals surface area contributed by atoms with Crippen LogP contribution in [0.25, 0.3) is 11.3 Å². The van der Waals surface area contributed by atoms with Crippen LogP contribution in [0.4, 0.5) is 5.95 Å². The van der Waals surface area contributed by atoms with E-state index in [1.54, 1.807) is 0 Å². The highest BCUT2D eigenvalue weighted by Crippen LogP contribution is 2.18. The van der Waals surface area contributed by atoms with Crippen molar-refractivity contribution in [2.45, 2.75) is 6.92 Å². The lowest BCUT2D eigenvalue weighted by Crippen LogP contribution is -2.01. The largest absolute Gasteiger partial charge is 0.366 e. The summed E-state index contributed by atoms with van der Waals surface area (Å²) in [6.07, 6.45) is 0. The van der Waals surface area contributed by atoms with Crippen molar-refractivity contribution in [1.29, 1.82) is 0 Å². The number of anilines is 1. The fourth-order valence-electron chi connectivity index (χ4n) is 1.26. The van der Waals surface area contributed by atoms with Crippen LogP contribution in [0.15, 0.2) is 30.3 Å². The second-order valence-electron chi connectivity index (χ2n) is 2.97. The van der Waals surface area contributed by atoms with Gasteiger partial charge in [0.1, 0.15) is 0 Å². The molecule has 1 heterocycles. The number of hydrogen-bond acceptors (Lipinski definition) is 4. The summed E-state index contributed by atoms with van der Waals surface area (Å²) < 4.78 is 0. The Balaban J connectivity index is 2.57. The van der Waals surface area contributed by atoms with E-state index in [1.807, 2.05) is 37.3 Å². The summed E-state index contributed by atoms with van der Waals surface area (Å²) in [5, 5.41) is 7.60. The maximum atomic E-state index is 5.48. The molecule has 70 valence electrons. The van der Waals surface area contributed by atoms with Crippen molar-refractivity contribution in [3.05, 3.63) is 36.0 Å². The first-order valence-electron chi connectivity index (χ1n) is 4.29. The third-order valence-electron chi connectivity index (χ3n) is 1.92. The third kappa shape index (κ3) is 1.54. The standard InChI is InChI=1S/C10H10N4/c1-7-9(12-10(11)14-13-7)8-5-3-2-4-6-8/h2-6H,1H3,(H2,11,12,14). The van der Waals surface area contributed by atoms with E-state index in [9.17, 15) is 0 Å². The monoisotopic (exact) mass is 186 g/mol. The minimum absolute atomic E-state index is 0.203. The summed E-state index contributed by atoms with van der Waals surface area (Å²) >= 11 is 0. The number of aromatic nitrogens is 3. The molecule has 0 bridgehead atoms. The van der Waals surface area contributed by atoms with Crippen LogP contribution in [0.5, 0.6) is 0 Å². The summed E-state index contributed by atoms with van der Waals surface area (Å²) in [7, 11) is 0. The van der Waals surface area contributed by atoms with Gasteiger partial charge in [-0.2, -0.15) is 0 Å². The summed E-state index contributed by atoms with van der Waals surface area (Å²) in [4.78, 5) is 4.15. The highest BCUT2D eigenvalue weighted by molar-refractivity contribution is 5.61. The first-order chi connectivity index (χ1) is 6.77. The molecule has 0 atom stereocenters. The Labute approximate surface area is 81.8 Å². The van der Waals surface area contributed by atoms with E-state index >= 15 is 0 Å². The fraction of sp³-hybridized carbons (Fsp3) is 0.100. The van der Waals surface area contributed by atoms with Crippen molar-refractivity contribution >= 4 is 5.95 Å². The maximum Gasteiger partial charge on any atom is 0.240 e. The van der Waals surface area contributed by atoms with E-state index in [2.05, 4.69) is 15.2 Å². The number of nitrogens with zero attached hydrogens (tertiary/aromatic N) is 3. The Morgan fingerprint density at radius 3 is 2.50 bits per heavy atom. The molecule has 2 rings (SSSR count). The van der Waals surface area contributed by atoms with Gasteiger partial charge in [0.25, 0.3) is 0 Å². The van der Waals surface area contributed by atoms with E-state index in [-0.39, 0.29) is 5.95 Å². The second-order valence-corrected chi connectivity index (χ2v) is 2.97. The minimum atomic E-state index is 0.203. The van der Waals surface area contributed by atoms with Gasteiger partial charge in [-0.15, -0.1) is 10.2 Å². The van der Waals surface area contributed by atoms with Crippen molar-refractivity contribution in [2.75, 3.05) is 5.73 Å². The molecule has 2 N–H and O–H groups in total. The lowest BCUT2D eigenvalue weighted by molar-refractivity contribution is 0.945. The van der Waals surface area contributed by atoms with Gasteiger partial charge >= 0.3 is 0 Å². The normalized spacial score (nSPS) is 10.1. The van der Waals surface area contributed by atoms with Gasteiger partial charge in [-0.05, 0) is 6.92 Å². The molecule has 1 aromatic heterocycles. The van der Waals surface area contributed by atoms with Gasteiger partial charge in [0.05, 0.1) is 11.4 Å². The van der Waals surface area contributed by atoms with Crippen molar-refractivity contribution < 1.29 is 0 Å². The van der Waals surface area contributed by atoms with Gasteiger partial charge in [0.15, 0.2) is 0 Å². The van der Waals surface area contributed by atoms with Crippen molar-refractivity contribution in [2.24, 2.45) is 0 Å². The molecule has 4 nitrogen and oxygen atoms in total. The molecule has 14 heavy (non-hydrogen) atoms. The lowest BCUT2D eigenvalue weighted by atomic mass is 10.1. The molecule has 0 spiro atoms. The molecule has 0 unspecified atom stereocenters. The van der Waals surface area contributed by atoms with Gasteiger partial charge in [0.2, 0.25) is 5.95 Å². The second kappa shape index (κ2) is 3.41. The van der Waals surface area contributed by atoms with E-state index < -0.39 is 0 Å². The molecule has 0 saturated heterocycles.